The highest BCUT2D eigenvalue weighted by molar-refractivity contribution is 6.21. The first kappa shape index (κ1) is 13.8. The van der Waals surface area contributed by atoms with E-state index in [1.807, 2.05) is 4.68 Å². The summed E-state index contributed by atoms with van der Waals surface area (Å²) in [5.41, 5.74) is 0. The normalized spacial score (nSPS) is 25.8. The number of hydrogen-bond acceptors (Lipinski definition) is 3. The molecule has 2 unspecified atom stereocenters. The number of alkyl halides is 1. The zero-order valence-electron chi connectivity index (χ0n) is 11.5. The largest absolute Gasteiger partial charge is 0.294 e. The van der Waals surface area contributed by atoms with Gasteiger partial charge in [-0.3, -0.25) is 4.90 Å². The molecule has 1 aliphatic heterocycles. The third-order valence-corrected chi connectivity index (χ3v) is 4.12. The molecule has 1 saturated heterocycles. The van der Waals surface area contributed by atoms with E-state index in [0.717, 1.165) is 32.0 Å². The van der Waals surface area contributed by atoms with E-state index in [1.165, 1.54) is 6.42 Å². The Balaban J connectivity index is 1.95. The fraction of sp³-hybridized carbons (Fsp3) is 0.846. The Morgan fingerprint density at radius 1 is 1.50 bits per heavy atom. The van der Waals surface area contributed by atoms with Crippen LogP contribution in [-0.2, 0) is 13.1 Å². The van der Waals surface area contributed by atoms with Gasteiger partial charge in [0, 0.05) is 18.5 Å². The molecule has 0 aliphatic carbocycles. The zero-order valence-corrected chi connectivity index (χ0v) is 12.3. The van der Waals surface area contributed by atoms with Crippen molar-refractivity contribution in [3.8, 4) is 0 Å². The summed E-state index contributed by atoms with van der Waals surface area (Å²) < 4.78 is 2.02. The minimum Gasteiger partial charge on any atom is -0.294 e. The smallest absolute Gasteiger partial charge is 0.141 e. The molecule has 4 nitrogen and oxygen atoms in total. The molecule has 1 fully saturated rings. The maximum atomic E-state index is 6.34. The summed E-state index contributed by atoms with van der Waals surface area (Å²) in [7, 11) is 0. The quantitative estimate of drug-likeness (QED) is 0.788. The maximum Gasteiger partial charge on any atom is 0.141 e. The van der Waals surface area contributed by atoms with Crippen LogP contribution in [-0.4, -0.2) is 38.1 Å². The lowest BCUT2D eigenvalue weighted by molar-refractivity contribution is 0.182. The van der Waals surface area contributed by atoms with Gasteiger partial charge in [0.2, 0.25) is 0 Å². The fourth-order valence-corrected chi connectivity index (χ4v) is 2.66. The molecule has 1 aromatic heterocycles. The highest BCUT2D eigenvalue weighted by Crippen LogP contribution is 2.22. The van der Waals surface area contributed by atoms with E-state index >= 15 is 0 Å². The molecule has 2 atom stereocenters. The van der Waals surface area contributed by atoms with Crippen molar-refractivity contribution in [3.63, 3.8) is 0 Å². The summed E-state index contributed by atoms with van der Waals surface area (Å²) in [6.45, 7) is 10.5. The fourth-order valence-electron chi connectivity index (χ4n) is 2.34. The predicted molar refractivity (Wildman–Crippen MR) is 73.6 cm³/mol. The number of hydrogen-bond donors (Lipinski definition) is 0. The lowest BCUT2D eigenvalue weighted by atomic mass is 9.99. The average Bonchev–Trinajstić information content (AvgIpc) is 2.70. The first-order valence-electron chi connectivity index (χ1n) is 6.79. The molecule has 102 valence electrons. The number of aromatic nitrogens is 3. The average molecular weight is 271 g/mol. The third kappa shape index (κ3) is 3.45. The van der Waals surface area contributed by atoms with Crippen molar-refractivity contribution in [1.82, 2.24) is 19.7 Å². The van der Waals surface area contributed by atoms with E-state index in [-0.39, 0.29) is 5.38 Å². The molecule has 1 aliphatic rings. The summed E-state index contributed by atoms with van der Waals surface area (Å²) >= 11 is 6.34. The van der Waals surface area contributed by atoms with Gasteiger partial charge in [-0.25, -0.2) is 9.67 Å². The summed E-state index contributed by atoms with van der Waals surface area (Å²) in [5.74, 6) is 2.27. The topological polar surface area (TPSA) is 34.0 Å². The molecule has 0 bridgehead atoms. The van der Waals surface area contributed by atoms with Crippen molar-refractivity contribution in [1.29, 1.82) is 0 Å². The minimum absolute atomic E-state index is 0.264. The van der Waals surface area contributed by atoms with Gasteiger partial charge in [-0.05, 0) is 24.8 Å². The van der Waals surface area contributed by atoms with Gasteiger partial charge >= 0.3 is 0 Å². The van der Waals surface area contributed by atoms with Crippen LogP contribution in [0.3, 0.4) is 0 Å². The van der Waals surface area contributed by atoms with Gasteiger partial charge in [0.1, 0.15) is 12.2 Å². The van der Waals surface area contributed by atoms with E-state index in [2.05, 4.69) is 35.8 Å². The standard InChI is InChI=1S/C13H23ClN4/c1-10(2)6-18-13(15-9-16-18)8-17-5-4-11(3)12(14)7-17/h9-12H,4-8H2,1-3H3. The van der Waals surface area contributed by atoms with E-state index in [4.69, 9.17) is 11.6 Å². The third-order valence-electron chi connectivity index (χ3n) is 3.55. The molecule has 0 N–H and O–H groups in total. The van der Waals surface area contributed by atoms with Crippen molar-refractivity contribution < 1.29 is 0 Å². The lowest BCUT2D eigenvalue weighted by Crippen LogP contribution is -2.40. The van der Waals surface area contributed by atoms with Gasteiger partial charge in [0.25, 0.3) is 0 Å². The molecule has 18 heavy (non-hydrogen) atoms. The minimum atomic E-state index is 0.264. The number of piperidine rings is 1. The van der Waals surface area contributed by atoms with Gasteiger partial charge in [-0.2, -0.15) is 5.10 Å². The summed E-state index contributed by atoms with van der Waals surface area (Å²) in [5, 5.41) is 4.57. The van der Waals surface area contributed by atoms with E-state index < -0.39 is 0 Å². The number of halogens is 1. The van der Waals surface area contributed by atoms with Crippen molar-refractivity contribution in [3.05, 3.63) is 12.2 Å². The molecule has 5 heteroatoms. The first-order valence-corrected chi connectivity index (χ1v) is 7.23. The van der Waals surface area contributed by atoms with Gasteiger partial charge in [0.05, 0.1) is 6.54 Å². The van der Waals surface area contributed by atoms with E-state index in [1.54, 1.807) is 6.33 Å². The van der Waals surface area contributed by atoms with Crippen LogP contribution < -0.4 is 0 Å². The molecule has 1 aromatic rings. The Morgan fingerprint density at radius 3 is 2.94 bits per heavy atom. The van der Waals surface area contributed by atoms with E-state index in [0.29, 0.717) is 11.8 Å². The van der Waals surface area contributed by atoms with Crippen molar-refractivity contribution in [2.75, 3.05) is 13.1 Å². The predicted octanol–water partition coefficient (Wildman–Crippen LogP) is 2.38. The van der Waals surface area contributed by atoms with Crippen LogP contribution >= 0.6 is 11.6 Å². The molecule has 0 saturated carbocycles. The Kier molecular flexibility index (Phi) is 4.62. The first-order chi connectivity index (χ1) is 8.56. The van der Waals surface area contributed by atoms with Crippen LogP contribution in [0.2, 0.25) is 0 Å². The van der Waals surface area contributed by atoms with Crippen LogP contribution in [0.1, 0.15) is 33.0 Å². The van der Waals surface area contributed by atoms with Gasteiger partial charge in [0.15, 0.2) is 0 Å². The van der Waals surface area contributed by atoms with Crippen LogP contribution in [0.15, 0.2) is 6.33 Å². The Hall–Kier alpha value is -0.610. The molecule has 2 rings (SSSR count). The van der Waals surface area contributed by atoms with Crippen molar-refractivity contribution >= 4 is 11.6 Å². The highest BCUT2D eigenvalue weighted by atomic mass is 35.5. The SMILES string of the molecule is CC(C)Cn1ncnc1CN1CCC(C)C(Cl)C1. The van der Waals surface area contributed by atoms with Gasteiger partial charge < -0.3 is 0 Å². The van der Waals surface area contributed by atoms with Crippen LogP contribution in [0.25, 0.3) is 0 Å². The maximum absolute atomic E-state index is 6.34. The molecule has 2 heterocycles. The number of likely N-dealkylation sites (tertiary alicyclic amines) is 1. The second-order valence-corrected chi connectivity index (χ2v) is 6.33. The Labute approximate surface area is 114 Å². The Morgan fingerprint density at radius 2 is 2.28 bits per heavy atom. The Bertz CT molecular complexity index is 377. The van der Waals surface area contributed by atoms with E-state index in [9.17, 15) is 0 Å². The van der Waals surface area contributed by atoms with Crippen LogP contribution in [0.4, 0.5) is 0 Å². The van der Waals surface area contributed by atoms with Gasteiger partial charge in [-0.15, -0.1) is 11.6 Å². The molecular weight excluding hydrogens is 248 g/mol. The molecule has 0 aromatic carbocycles. The monoisotopic (exact) mass is 270 g/mol. The number of nitrogens with zero attached hydrogens (tertiary/aromatic N) is 4. The summed E-state index contributed by atoms with van der Waals surface area (Å²) in [6.07, 6.45) is 2.83. The van der Waals surface area contributed by atoms with Crippen LogP contribution in [0.5, 0.6) is 0 Å². The van der Waals surface area contributed by atoms with Crippen molar-refractivity contribution in [2.45, 2.75) is 45.7 Å². The summed E-state index contributed by atoms with van der Waals surface area (Å²) in [4.78, 5) is 6.76. The molecule has 0 radical (unpaired) electrons. The lowest BCUT2D eigenvalue weighted by Gasteiger charge is -2.33. The molecule has 0 spiro atoms. The highest BCUT2D eigenvalue weighted by Gasteiger charge is 2.25. The second kappa shape index (κ2) is 6.02. The van der Waals surface area contributed by atoms with Crippen LogP contribution in [0, 0.1) is 11.8 Å². The number of rotatable bonds is 4. The molecule has 0 amide bonds. The summed E-state index contributed by atoms with van der Waals surface area (Å²) in [6, 6.07) is 0. The second-order valence-electron chi connectivity index (χ2n) is 5.77. The molecular formula is C13H23ClN4. The zero-order chi connectivity index (χ0) is 13.1. The van der Waals surface area contributed by atoms with Crippen molar-refractivity contribution in [2.24, 2.45) is 11.8 Å². The van der Waals surface area contributed by atoms with Gasteiger partial charge in [-0.1, -0.05) is 20.8 Å².